The molecule has 1 amide bonds. The Kier molecular flexibility index (Phi) is 6.38. The van der Waals surface area contributed by atoms with E-state index >= 15 is 0 Å². The van der Waals surface area contributed by atoms with Gasteiger partial charge in [-0.2, -0.15) is 0 Å². The number of furan rings is 1. The van der Waals surface area contributed by atoms with E-state index < -0.39 is 0 Å². The van der Waals surface area contributed by atoms with Gasteiger partial charge in [-0.3, -0.25) is 10.2 Å². The number of benzene rings is 2. The summed E-state index contributed by atoms with van der Waals surface area (Å²) in [5.74, 6) is 1.70. The topological polar surface area (TPSA) is 89.3 Å². The maximum atomic E-state index is 12.4. The average Bonchev–Trinajstić information content (AvgIpc) is 3.22. The van der Waals surface area contributed by atoms with Crippen molar-refractivity contribution in [2.45, 2.75) is 16.8 Å². The number of hydrogen-bond donors (Lipinski definition) is 2. The Morgan fingerprint density at radius 1 is 0.933 bits per heavy atom. The number of rotatable bonds is 8. The smallest absolute Gasteiger partial charge is 0.265 e. The largest absolute Gasteiger partial charge is 0.457 e. The Morgan fingerprint density at radius 3 is 2.57 bits per heavy atom. The molecule has 2 aromatic heterocycles. The van der Waals surface area contributed by atoms with Gasteiger partial charge >= 0.3 is 0 Å². The maximum absolute atomic E-state index is 12.4. The number of nitrogens with one attached hydrogen (secondary N) is 2. The van der Waals surface area contributed by atoms with Crippen LogP contribution in [0.25, 0.3) is 0 Å². The van der Waals surface area contributed by atoms with Crippen LogP contribution >= 0.6 is 11.8 Å². The van der Waals surface area contributed by atoms with Gasteiger partial charge in [0, 0.05) is 18.0 Å². The molecule has 0 spiro atoms. The second kappa shape index (κ2) is 9.73. The van der Waals surface area contributed by atoms with Gasteiger partial charge in [0.2, 0.25) is 0 Å². The van der Waals surface area contributed by atoms with E-state index in [0.29, 0.717) is 39.6 Å². The molecule has 4 rings (SSSR count). The molecule has 2 heterocycles. The quantitative estimate of drug-likeness (QED) is 0.323. The molecule has 0 fully saturated rings. The van der Waals surface area contributed by atoms with Crippen LogP contribution in [0.4, 0.5) is 0 Å². The number of aromatic nitrogens is 2. The summed E-state index contributed by atoms with van der Waals surface area (Å²) >= 11 is 1.33. The highest BCUT2D eigenvalue weighted by Gasteiger charge is 2.09. The minimum atomic E-state index is -0.271. The van der Waals surface area contributed by atoms with Crippen molar-refractivity contribution in [3.05, 3.63) is 96.5 Å². The molecule has 150 valence electrons. The lowest BCUT2D eigenvalue weighted by atomic mass is 10.2. The molecular formula is C22H18N4O3S. The zero-order valence-corrected chi connectivity index (χ0v) is 16.6. The second-order valence-corrected chi connectivity index (χ2v) is 7.08. The normalized spacial score (nSPS) is 10.5. The monoisotopic (exact) mass is 418 g/mol. The standard InChI is InChI=1S/C22H18N4O3S/c27-21(16-6-4-9-18(14-16)28-17-7-2-1-3-8-17)26-25-15-19-10-11-20(29-19)30-22-23-12-5-13-24-22/h1-14,25H,15H2,(H,26,27). The van der Waals surface area contributed by atoms with Crippen LogP contribution in [0, 0.1) is 0 Å². The highest BCUT2D eigenvalue weighted by Crippen LogP contribution is 2.26. The highest BCUT2D eigenvalue weighted by atomic mass is 32.2. The number of para-hydroxylation sites is 1. The number of hydrazine groups is 1. The lowest BCUT2D eigenvalue weighted by Gasteiger charge is -2.09. The molecule has 0 unspecified atom stereocenters. The molecule has 0 radical (unpaired) electrons. The number of ether oxygens (including phenoxy) is 1. The molecule has 0 aliphatic rings. The number of amides is 1. The molecule has 0 saturated carbocycles. The van der Waals surface area contributed by atoms with Gasteiger partial charge in [0.1, 0.15) is 17.3 Å². The first-order valence-electron chi connectivity index (χ1n) is 9.16. The molecule has 0 bridgehead atoms. The SMILES string of the molecule is O=C(NNCc1ccc(Sc2ncccn2)o1)c1cccc(Oc2ccccc2)c1. The molecule has 30 heavy (non-hydrogen) atoms. The molecule has 2 N–H and O–H groups in total. The van der Waals surface area contributed by atoms with Crippen LogP contribution in [0.5, 0.6) is 11.5 Å². The third-order valence-corrected chi connectivity index (χ3v) is 4.72. The van der Waals surface area contributed by atoms with Gasteiger partial charge < -0.3 is 9.15 Å². The molecule has 0 aliphatic heterocycles. The summed E-state index contributed by atoms with van der Waals surface area (Å²) < 4.78 is 11.5. The van der Waals surface area contributed by atoms with E-state index in [4.69, 9.17) is 9.15 Å². The van der Waals surface area contributed by atoms with Crippen molar-refractivity contribution in [3.63, 3.8) is 0 Å². The first kappa shape index (κ1) is 19.7. The molecule has 0 saturated heterocycles. The van der Waals surface area contributed by atoms with E-state index in [2.05, 4.69) is 20.8 Å². The maximum Gasteiger partial charge on any atom is 0.265 e. The van der Waals surface area contributed by atoms with Gasteiger partial charge in [-0.05, 0) is 60.3 Å². The predicted octanol–water partition coefficient (Wildman–Crippen LogP) is 4.45. The average molecular weight is 418 g/mol. The van der Waals surface area contributed by atoms with Crippen molar-refractivity contribution in [3.8, 4) is 11.5 Å². The summed E-state index contributed by atoms with van der Waals surface area (Å²) in [5.41, 5.74) is 6.01. The van der Waals surface area contributed by atoms with Crippen LogP contribution in [0.15, 0.2) is 99.9 Å². The molecule has 4 aromatic rings. The van der Waals surface area contributed by atoms with Crippen molar-refractivity contribution in [2.24, 2.45) is 0 Å². The lowest BCUT2D eigenvalue weighted by Crippen LogP contribution is -2.36. The highest BCUT2D eigenvalue weighted by molar-refractivity contribution is 7.99. The Balaban J connectivity index is 1.28. The number of carbonyl (C=O) groups excluding carboxylic acids is 1. The summed E-state index contributed by atoms with van der Waals surface area (Å²) in [6.45, 7) is 0.335. The summed E-state index contributed by atoms with van der Waals surface area (Å²) in [5, 5.41) is 1.28. The van der Waals surface area contributed by atoms with Crippen molar-refractivity contribution >= 4 is 17.7 Å². The van der Waals surface area contributed by atoms with E-state index in [1.165, 1.54) is 11.8 Å². The summed E-state index contributed by atoms with van der Waals surface area (Å²) in [4.78, 5) is 20.7. The fraction of sp³-hybridized carbons (Fsp3) is 0.0455. The Bertz CT molecular complexity index is 1100. The van der Waals surface area contributed by atoms with Crippen molar-refractivity contribution in [1.82, 2.24) is 20.8 Å². The minimum absolute atomic E-state index is 0.271. The Morgan fingerprint density at radius 2 is 1.73 bits per heavy atom. The molecule has 0 atom stereocenters. The number of nitrogens with zero attached hydrogens (tertiary/aromatic N) is 2. The molecule has 0 aliphatic carbocycles. The number of hydrogen-bond acceptors (Lipinski definition) is 7. The zero-order valence-electron chi connectivity index (χ0n) is 15.8. The van der Waals surface area contributed by atoms with E-state index in [1.807, 2.05) is 42.5 Å². The van der Waals surface area contributed by atoms with E-state index in [9.17, 15) is 4.79 Å². The summed E-state index contributed by atoms with van der Waals surface area (Å²) in [6.07, 6.45) is 3.35. The van der Waals surface area contributed by atoms with Crippen molar-refractivity contribution < 1.29 is 13.9 Å². The van der Waals surface area contributed by atoms with Gasteiger partial charge in [0.25, 0.3) is 5.91 Å². The molecule has 2 aromatic carbocycles. The van der Waals surface area contributed by atoms with Crippen molar-refractivity contribution in [2.75, 3.05) is 0 Å². The summed E-state index contributed by atoms with van der Waals surface area (Å²) in [6, 6.07) is 21.8. The van der Waals surface area contributed by atoms with Crippen molar-refractivity contribution in [1.29, 1.82) is 0 Å². The second-order valence-electron chi connectivity index (χ2n) is 6.10. The number of carbonyl (C=O) groups is 1. The molecule has 8 heteroatoms. The third kappa shape index (κ3) is 5.47. The fourth-order valence-electron chi connectivity index (χ4n) is 2.55. The minimum Gasteiger partial charge on any atom is -0.457 e. The Hall–Kier alpha value is -3.62. The first-order valence-corrected chi connectivity index (χ1v) is 9.98. The predicted molar refractivity (Wildman–Crippen MR) is 112 cm³/mol. The van der Waals surface area contributed by atoms with Gasteiger partial charge in [-0.1, -0.05) is 24.3 Å². The first-order chi connectivity index (χ1) is 14.8. The van der Waals surface area contributed by atoms with Crippen LogP contribution in [-0.4, -0.2) is 15.9 Å². The van der Waals surface area contributed by atoms with E-state index in [-0.39, 0.29) is 5.91 Å². The summed E-state index contributed by atoms with van der Waals surface area (Å²) in [7, 11) is 0. The van der Waals surface area contributed by atoms with Gasteiger partial charge in [-0.25, -0.2) is 15.4 Å². The molecule has 7 nitrogen and oxygen atoms in total. The van der Waals surface area contributed by atoms with Crippen LogP contribution in [-0.2, 0) is 6.54 Å². The lowest BCUT2D eigenvalue weighted by molar-refractivity contribution is 0.0930. The molecular weight excluding hydrogens is 400 g/mol. The van der Waals surface area contributed by atoms with Crippen LogP contribution < -0.4 is 15.6 Å². The Labute approximate surface area is 177 Å². The third-order valence-electron chi connectivity index (χ3n) is 3.91. The van der Waals surface area contributed by atoms with Crippen LogP contribution in [0.3, 0.4) is 0 Å². The van der Waals surface area contributed by atoms with Crippen LogP contribution in [0.1, 0.15) is 16.1 Å². The fourth-order valence-corrected chi connectivity index (χ4v) is 3.24. The van der Waals surface area contributed by atoms with Gasteiger partial charge in [0.05, 0.1) is 6.54 Å². The van der Waals surface area contributed by atoms with E-state index in [1.54, 1.807) is 42.7 Å². The van der Waals surface area contributed by atoms with Gasteiger partial charge in [0.15, 0.2) is 10.2 Å². The van der Waals surface area contributed by atoms with E-state index in [0.717, 1.165) is 0 Å². The van der Waals surface area contributed by atoms with Gasteiger partial charge in [-0.15, -0.1) is 0 Å². The van der Waals surface area contributed by atoms with Crippen LogP contribution in [0.2, 0.25) is 0 Å². The zero-order chi connectivity index (χ0) is 20.6.